The Balaban J connectivity index is 1.59. The van der Waals surface area contributed by atoms with Crippen LogP contribution in [0.5, 0.6) is 0 Å². The molecule has 2 atom stereocenters. The van der Waals surface area contributed by atoms with E-state index in [1.54, 1.807) is 12.0 Å². The molecular weight excluding hydrogens is 452 g/mol. The molecular formula is C30H40N2O4. The standard InChI is InChI=1S/C30H40N2O4/c1-24(11-10-15-28(34)31(21-22-33)23-25-12-6-5-7-13-25)30(36-2)26-16-18-27(19-17-26)32-20-9-4-3-8-14-29(32)35/h5-7,10-13,16-19,24,30,33H,3-4,8-9,14-15,20-23H2,1-2H3/b11-10+/t24-,30+/m0/s1. The predicted molar refractivity (Wildman–Crippen MR) is 143 cm³/mol. The van der Waals surface area contributed by atoms with Crippen molar-refractivity contribution >= 4 is 17.5 Å². The number of benzene rings is 2. The Hall–Kier alpha value is -2.96. The molecule has 6 nitrogen and oxygen atoms in total. The van der Waals surface area contributed by atoms with Gasteiger partial charge in [-0.3, -0.25) is 9.59 Å². The molecule has 0 saturated carbocycles. The molecule has 2 amide bonds. The quantitative estimate of drug-likeness (QED) is 0.434. The highest BCUT2D eigenvalue weighted by Gasteiger charge is 2.20. The first-order valence-electron chi connectivity index (χ1n) is 13.1. The molecule has 194 valence electrons. The second-order valence-corrected chi connectivity index (χ2v) is 9.47. The fraction of sp³-hybridized carbons (Fsp3) is 0.467. The summed E-state index contributed by atoms with van der Waals surface area (Å²) in [5.74, 6) is 0.235. The van der Waals surface area contributed by atoms with Gasteiger partial charge in [0.2, 0.25) is 11.8 Å². The van der Waals surface area contributed by atoms with E-state index >= 15 is 0 Å². The van der Waals surface area contributed by atoms with Gasteiger partial charge in [-0.05, 0) is 36.1 Å². The third kappa shape index (κ3) is 8.04. The van der Waals surface area contributed by atoms with Crippen LogP contribution in [0.4, 0.5) is 5.69 Å². The van der Waals surface area contributed by atoms with E-state index in [0.29, 0.717) is 19.5 Å². The van der Waals surface area contributed by atoms with Crippen molar-refractivity contribution in [3.63, 3.8) is 0 Å². The fourth-order valence-corrected chi connectivity index (χ4v) is 4.76. The molecule has 1 aliphatic heterocycles. The molecule has 6 heteroatoms. The fourth-order valence-electron chi connectivity index (χ4n) is 4.76. The minimum Gasteiger partial charge on any atom is -0.395 e. The van der Waals surface area contributed by atoms with E-state index in [4.69, 9.17) is 4.74 Å². The Morgan fingerprint density at radius 2 is 1.81 bits per heavy atom. The minimum atomic E-state index is -0.161. The summed E-state index contributed by atoms with van der Waals surface area (Å²) in [5, 5.41) is 9.40. The van der Waals surface area contributed by atoms with Crippen LogP contribution in [-0.4, -0.2) is 48.6 Å². The van der Waals surface area contributed by atoms with E-state index in [1.165, 1.54) is 6.42 Å². The number of anilines is 1. The third-order valence-corrected chi connectivity index (χ3v) is 6.76. The van der Waals surface area contributed by atoms with Gasteiger partial charge in [0.25, 0.3) is 0 Å². The highest BCUT2D eigenvalue weighted by Crippen LogP contribution is 2.29. The molecule has 2 aromatic rings. The summed E-state index contributed by atoms with van der Waals surface area (Å²) in [5.41, 5.74) is 3.02. The number of carbonyl (C=O) groups is 2. The first-order valence-corrected chi connectivity index (χ1v) is 13.1. The molecule has 1 fully saturated rings. The maximum atomic E-state index is 12.8. The number of methoxy groups -OCH3 is 1. The van der Waals surface area contributed by atoms with Gasteiger partial charge in [0.05, 0.1) is 12.7 Å². The molecule has 0 aliphatic carbocycles. The summed E-state index contributed by atoms with van der Waals surface area (Å²) in [6.07, 6.45) is 8.94. The Labute approximate surface area is 215 Å². The van der Waals surface area contributed by atoms with Crippen LogP contribution < -0.4 is 4.90 Å². The average molecular weight is 493 g/mol. The summed E-state index contributed by atoms with van der Waals surface area (Å²) in [4.78, 5) is 28.9. The number of hydrogen-bond donors (Lipinski definition) is 1. The van der Waals surface area contributed by atoms with Gasteiger partial charge >= 0.3 is 0 Å². The van der Waals surface area contributed by atoms with Crippen LogP contribution >= 0.6 is 0 Å². The van der Waals surface area contributed by atoms with Crippen LogP contribution in [0.3, 0.4) is 0 Å². The molecule has 0 radical (unpaired) electrons. The maximum Gasteiger partial charge on any atom is 0.226 e. The van der Waals surface area contributed by atoms with Crippen molar-refractivity contribution < 1.29 is 19.4 Å². The highest BCUT2D eigenvalue weighted by atomic mass is 16.5. The third-order valence-electron chi connectivity index (χ3n) is 6.76. The Bertz CT molecular complexity index is 974. The van der Waals surface area contributed by atoms with Gasteiger partial charge in [-0.1, -0.05) is 74.4 Å². The number of carbonyl (C=O) groups excluding carboxylic acids is 2. The van der Waals surface area contributed by atoms with Crippen molar-refractivity contribution in [3.8, 4) is 0 Å². The SMILES string of the molecule is CO[C@@H](c1ccc(N2CCCCCCC2=O)cc1)[C@@H](C)/C=C/CC(=O)N(CCO)Cc1ccccc1. The van der Waals surface area contributed by atoms with Gasteiger partial charge < -0.3 is 19.6 Å². The molecule has 36 heavy (non-hydrogen) atoms. The number of rotatable bonds is 11. The molecule has 1 aliphatic rings. The second-order valence-electron chi connectivity index (χ2n) is 9.47. The zero-order chi connectivity index (χ0) is 25.8. The van der Waals surface area contributed by atoms with Gasteiger partial charge in [0.1, 0.15) is 0 Å². The number of hydrogen-bond acceptors (Lipinski definition) is 4. The van der Waals surface area contributed by atoms with Gasteiger partial charge in [-0.15, -0.1) is 0 Å². The monoisotopic (exact) mass is 492 g/mol. The average Bonchev–Trinajstić information content (AvgIpc) is 2.88. The molecule has 1 heterocycles. The van der Waals surface area contributed by atoms with Crippen LogP contribution in [0.2, 0.25) is 0 Å². The predicted octanol–water partition coefficient (Wildman–Crippen LogP) is 5.27. The van der Waals surface area contributed by atoms with Gasteiger partial charge in [-0.25, -0.2) is 0 Å². The van der Waals surface area contributed by atoms with Crippen molar-refractivity contribution in [1.29, 1.82) is 0 Å². The first kappa shape index (κ1) is 27.6. The normalized spacial score (nSPS) is 16.4. The molecule has 0 unspecified atom stereocenters. The second kappa shape index (κ2) is 14.6. The van der Waals surface area contributed by atoms with E-state index in [2.05, 4.69) is 6.92 Å². The summed E-state index contributed by atoms with van der Waals surface area (Å²) in [6, 6.07) is 17.9. The lowest BCUT2D eigenvalue weighted by Crippen LogP contribution is -2.32. The number of amides is 2. The zero-order valence-corrected chi connectivity index (χ0v) is 21.6. The molecule has 0 aromatic heterocycles. The van der Waals surface area contributed by atoms with E-state index in [1.807, 2.05) is 71.6 Å². The van der Waals surface area contributed by atoms with Crippen molar-refractivity contribution in [2.24, 2.45) is 5.92 Å². The van der Waals surface area contributed by atoms with E-state index in [0.717, 1.165) is 42.6 Å². The van der Waals surface area contributed by atoms with Gasteiger partial charge in [0, 0.05) is 51.2 Å². The summed E-state index contributed by atoms with van der Waals surface area (Å²) in [7, 11) is 1.69. The Morgan fingerprint density at radius 3 is 2.50 bits per heavy atom. The molecule has 1 N–H and O–H groups in total. The number of nitrogens with zero attached hydrogens (tertiary/aromatic N) is 2. The van der Waals surface area contributed by atoms with E-state index < -0.39 is 0 Å². The van der Waals surface area contributed by atoms with Crippen LogP contribution in [0.25, 0.3) is 0 Å². The smallest absolute Gasteiger partial charge is 0.226 e. The van der Waals surface area contributed by atoms with Gasteiger partial charge in [0.15, 0.2) is 0 Å². The Kier molecular flexibility index (Phi) is 11.2. The van der Waals surface area contributed by atoms with Crippen molar-refractivity contribution in [2.45, 2.75) is 58.1 Å². The molecule has 0 spiro atoms. The van der Waals surface area contributed by atoms with Crippen molar-refractivity contribution in [2.75, 3.05) is 31.7 Å². The van der Waals surface area contributed by atoms with Crippen LogP contribution in [0.1, 0.15) is 62.7 Å². The van der Waals surface area contributed by atoms with Crippen molar-refractivity contribution in [3.05, 3.63) is 77.9 Å². The lowest BCUT2D eigenvalue weighted by Gasteiger charge is -2.26. The number of aliphatic hydroxyl groups is 1. The van der Waals surface area contributed by atoms with Crippen LogP contribution in [-0.2, 0) is 20.9 Å². The maximum absolute atomic E-state index is 12.8. The Morgan fingerprint density at radius 1 is 1.08 bits per heavy atom. The van der Waals surface area contributed by atoms with Gasteiger partial charge in [-0.2, -0.15) is 0 Å². The van der Waals surface area contributed by atoms with E-state index in [9.17, 15) is 14.7 Å². The zero-order valence-electron chi connectivity index (χ0n) is 21.6. The molecule has 2 aromatic carbocycles. The number of ether oxygens (including phenoxy) is 1. The molecule has 1 saturated heterocycles. The minimum absolute atomic E-state index is 0.0208. The summed E-state index contributed by atoms with van der Waals surface area (Å²) in [6.45, 7) is 3.57. The van der Waals surface area contributed by atoms with Crippen molar-refractivity contribution in [1.82, 2.24) is 4.90 Å². The molecule has 3 rings (SSSR count). The van der Waals surface area contributed by atoms with Crippen LogP contribution in [0, 0.1) is 5.92 Å². The lowest BCUT2D eigenvalue weighted by molar-refractivity contribution is -0.131. The summed E-state index contributed by atoms with van der Waals surface area (Å²) < 4.78 is 5.80. The first-order chi connectivity index (χ1) is 17.5. The highest BCUT2D eigenvalue weighted by molar-refractivity contribution is 5.93. The largest absolute Gasteiger partial charge is 0.395 e. The van der Waals surface area contributed by atoms with E-state index in [-0.39, 0.29) is 36.9 Å². The lowest BCUT2D eigenvalue weighted by atomic mass is 9.96. The molecule has 0 bridgehead atoms. The summed E-state index contributed by atoms with van der Waals surface area (Å²) >= 11 is 0. The van der Waals surface area contributed by atoms with Crippen LogP contribution in [0.15, 0.2) is 66.7 Å². The topological polar surface area (TPSA) is 70.1 Å². The number of aliphatic hydroxyl groups excluding tert-OH is 1.